The highest BCUT2D eigenvalue weighted by molar-refractivity contribution is 5.95. The molecule has 0 atom stereocenters. The van der Waals surface area contributed by atoms with Crippen molar-refractivity contribution in [1.29, 1.82) is 0 Å². The second-order valence-corrected chi connectivity index (χ2v) is 5.39. The van der Waals surface area contributed by atoms with Crippen LogP contribution in [0.15, 0.2) is 47.5 Å². The molecule has 0 unspecified atom stereocenters. The summed E-state index contributed by atoms with van der Waals surface area (Å²) in [6.07, 6.45) is -2.16. The number of halogens is 3. The molecule has 23 heavy (non-hydrogen) atoms. The van der Waals surface area contributed by atoms with Crippen LogP contribution < -0.4 is 5.56 Å². The van der Waals surface area contributed by atoms with Crippen molar-refractivity contribution in [3.8, 4) is 11.1 Å². The third kappa shape index (κ3) is 2.60. The fourth-order valence-corrected chi connectivity index (χ4v) is 2.59. The average molecular weight is 318 g/mol. The molecular formula is C17H13F3N2O. The molecule has 2 heterocycles. The van der Waals surface area contributed by atoms with Gasteiger partial charge in [0.25, 0.3) is 5.56 Å². The van der Waals surface area contributed by atoms with Crippen LogP contribution in [0.1, 0.15) is 11.1 Å². The van der Waals surface area contributed by atoms with Gasteiger partial charge < -0.3 is 4.57 Å². The highest BCUT2D eigenvalue weighted by atomic mass is 19.4. The van der Waals surface area contributed by atoms with Gasteiger partial charge in [-0.2, -0.15) is 13.2 Å². The SMILES string of the molecule is Cc1ccc(-c2cc(C(F)(F)F)cn(C)c2=O)c2ncccc12. The first-order valence-corrected chi connectivity index (χ1v) is 6.91. The molecule has 0 saturated carbocycles. The highest BCUT2D eigenvalue weighted by Gasteiger charge is 2.32. The Morgan fingerprint density at radius 2 is 1.87 bits per heavy atom. The van der Waals surface area contributed by atoms with Crippen LogP contribution >= 0.6 is 0 Å². The van der Waals surface area contributed by atoms with Crippen molar-refractivity contribution in [2.45, 2.75) is 13.1 Å². The Balaban J connectivity index is 2.38. The van der Waals surface area contributed by atoms with Gasteiger partial charge in [0.1, 0.15) is 0 Å². The maximum Gasteiger partial charge on any atom is 0.417 e. The van der Waals surface area contributed by atoms with Gasteiger partial charge in [-0.1, -0.05) is 18.2 Å². The highest BCUT2D eigenvalue weighted by Crippen LogP contribution is 2.33. The van der Waals surface area contributed by atoms with Gasteiger partial charge in [0.15, 0.2) is 0 Å². The summed E-state index contributed by atoms with van der Waals surface area (Å²) in [5, 5.41) is 0.810. The van der Waals surface area contributed by atoms with Crippen LogP contribution in [0, 0.1) is 6.92 Å². The summed E-state index contributed by atoms with van der Waals surface area (Å²) in [7, 11) is 1.31. The normalized spacial score (nSPS) is 11.9. The molecule has 0 aliphatic carbocycles. The minimum atomic E-state index is -4.52. The monoisotopic (exact) mass is 318 g/mol. The van der Waals surface area contributed by atoms with E-state index in [1.165, 1.54) is 7.05 Å². The zero-order valence-electron chi connectivity index (χ0n) is 12.5. The third-order valence-electron chi connectivity index (χ3n) is 3.79. The van der Waals surface area contributed by atoms with Gasteiger partial charge in [-0.15, -0.1) is 0 Å². The Kier molecular flexibility index (Phi) is 3.47. The standard InChI is InChI=1S/C17H13F3N2O/c1-10-5-6-13(15-12(10)4-3-7-21-15)14-8-11(17(18,19)20)9-22(2)16(14)23/h3-9H,1-2H3. The lowest BCUT2D eigenvalue weighted by atomic mass is 9.99. The fraction of sp³-hybridized carbons (Fsp3) is 0.176. The number of hydrogen-bond donors (Lipinski definition) is 0. The number of alkyl halides is 3. The Morgan fingerprint density at radius 3 is 2.57 bits per heavy atom. The zero-order valence-corrected chi connectivity index (χ0v) is 12.5. The zero-order chi connectivity index (χ0) is 16.8. The molecule has 0 saturated heterocycles. The minimum Gasteiger partial charge on any atom is -0.317 e. The van der Waals surface area contributed by atoms with Crippen LogP contribution in [0.5, 0.6) is 0 Å². The number of fused-ring (bicyclic) bond motifs is 1. The van der Waals surface area contributed by atoms with E-state index in [0.717, 1.165) is 27.8 Å². The van der Waals surface area contributed by atoms with E-state index < -0.39 is 17.3 Å². The molecule has 118 valence electrons. The van der Waals surface area contributed by atoms with Crippen LogP contribution in [0.3, 0.4) is 0 Å². The Bertz CT molecular complexity index is 958. The molecule has 3 nitrogen and oxygen atoms in total. The Labute approximate surface area is 130 Å². The van der Waals surface area contributed by atoms with Crippen molar-refractivity contribution < 1.29 is 13.2 Å². The Morgan fingerprint density at radius 1 is 1.13 bits per heavy atom. The van der Waals surface area contributed by atoms with Crippen LogP contribution in [0.25, 0.3) is 22.0 Å². The van der Waals surface area contributed by atoms with Crippen LogP contribution in [-0.4, -0.2) is 9.55 Å². The fourth-order valence-electron chi connectivity index (χ4n) is 2.59. The van der Waals surface area contributed by atoms with Gasteiger partial charge in [-0.25, -0.2) is 0 Å². The summed E-state index contributed by atoms with van der Waals surface area (Å²) in [4.78, 5) is 16.6. The van der Waals surface area contributed by atoms with Gasteiger partial charge in [0.05, 0.1) is 11.1 Å². The first-order valence-electron chi connectivity index (χ1n) is 6.91. The third-order valence-corrected chi connectivity index (χ3v) is 3.79. The number of aromatic nitrogens is 2. The smallest absolute Gasteiger partial charge is 0.317 e. The van der Waals surface area contributed by atoms with E-state index >= 15 is 0 Å². The van der Waals surface area contributed by atoms with Crippen molar-refractivity contribution in [3.05, 3.63) is 64.2 Å². The molecule has 0 amide bonds. The predicted octanol–water partition coefficient (Wildman–Crippen LogP) is 3.93. The lowest BCUT2D eigenvalue weighted by Crippen LogP contribution is -2.21. The maximum absolute atomic E-state index is 13.0. The van der Waals surface area contributed by atoms with Crippen molar-refractivity contribution in [1.82, 2.24) is 9.55 Å². The van der Waals surface area contributed by atoms with Crippen molar-refractivity contribution in [2.24, 2.45) is 7.05 Å². The second kappa shape index (κ2) is 5.22. The first-order chi connectivity index (χ1) is 10.8. The summed E-state index contributed by atoms with van der Waals surface area (Å²) < 4.78 is 40.1. The molecule has 0 fully saturated rings. The van der Waals surface area contributed by atoms with Crippen molar-refractivity contribution >= 4 is 10.9 Å². The predicted molar refractivity (Wildman–Crippen MR) is 82.2 cm³/mol. The number of benzene rings is 1. The molecular weight excluding hydrogens is 305 g/mol. The lowest BCUT2D eigenvalue weighted by Gasteiger charge is -2.13. The molecule has 0 radical (unpaired) electrons. The van der Waals surface area contributed by atoms with E-state index in [0.29, 0.717) is 11.1 Å². The largest absolute Gasteiger partial charge is 0.417 e. The van der Waals surface area contributed by atoms with Crippen LogP contribution in [0.2, 0.25) is 0 Å². The number of pyridine rings is 2. The molecule has 0 aliphatic rings. The van der Waals surface area contributed by atoms with Gasteiger partial charge in [0, 0.05) is 36.0 Å². The summed E-state index contributed by atoms with van der Waals surface area (Å²) in [6, 6.07) is 7.89. The summed E-state index contributed by atoms with van der Waals surface area (Å²) in [5.41, 5.74) is 0.501. The van der Waals surface area contributed by atoms with Gasteiger partial charge >= 0.3 is 6.18 Å². The molecule has 0 N–H and O–H groups in total. The van der Waals surface area contributed by atoms with Gasteiger partial charge in [-0.05, 0) is 24.6 Å². The van der Waals surface area contributed by atoms with E-state index in [9.17, 15) is 18.0 Å². The number of aryl methyl sites for hydroxylation is 2. The lowest BCUT2D eigenvalue weighted by molar-refractivity contribution is -0.138. The molecule has 3 rings (SSSR count). The molecule has 0 spiro atoms. The molecule has 0 aliphatic heterocycles. The van der Waals surface area contributed by atoms with E-state index in [1.54, 1.807) is 24.4 Å². The van der Waals surface area contributed by atoms with Gasteiger partial charge in [-0.3, -0.25) is 9.78 Å². The van der Waals surface area contributed by atoms with Crippen LogP contribution in [0.4, 0.5) is 13.2 Å². The first kappa shape index (κ1) is 15.3. The van der Waals surface area contributed by atoms with E-state index in [-0.39, 0.29) is 5.56 Å². The van der Waals surface area contributed by atoms with E-state index in [1.807, 2.05) is 13.0 Å². The minimum absolute atomic E-state index is 0.00831. The second-order valence-electron chi connectivity index (χ2n) is 5.39. The molecule has 0 bridgehead atoms. The molecule has 1 aromatic carbocycles. The molecule has 3 aromatic rings. The molecule has 6 heteroatoms. The number of rotatable bonds is 1. The number of hydrogen-bond acceptors (Lipinski definition) is 2. The Hall–Kier alpha value is -2.63. The van der Waals surface area contributed by atoms with Crippen molar-refractivity contribution in [3.63, 3.8) is 0 Å². The summed E-state index contributed by atoms with van der Waals surface area (Å²) in [5.74, 6) is 0. The summed E-state index contributed by atoms with van der Waals surface area (Å²) >= 11 is 0. The maximum atomic E-state index is 13.0. The number of nitrogens with zero attached hydrogens (tertiary/aromatic N) is 2. The molecule has 2 aromatic heterocycles. The van der Waals surface area contributed by atoms with Gasteiger partial charge in [0.2, 0.25) is 0 Å². The topological polar surface area (TPSA) is 34.9 Å². The van der Waals surface area contributed by atoms with Crippen LogP contribution in [-0.2, 0) is 13.2 Å². The van der Waals surface area contributed by atoms with E-state index in [2.05, 4.69) is 4.98 Å². The quantitative estimate of drug-likeness (QED) is 0.681. The van der Waals surface area contributed by atoms with Crippen molar-refractivity contribution in [2.75, 3.05) is 0 Å². The average Bonchev–Trinajstić information content (AvgIpc) is 2.50. The van der Waals surface area contributed by atoms with E-state index in [4.69, 9.17) is 0 Å². The summed E-state index contributed by atoms with van der Waals surface area (Å²) in [6.45, 7) is 1.89.